The van der Waals surface area contributed by atoms with Crippen molar-refractivity contribution in [3.05, 3.63) is 30.1 Å². The monoisotopic (exact) mass is 414 g/mol. The number of nitrogens with one attached hydrogen (secondary N) is 1. The highest BCUT2D eigenvalue weighted by Crippen LogP contribution is 2.22. The minimum absolute atomic E-state index is 0.281. The van der Waals surface area contributed by atoms with E-state index in [9.17, 15) is 17.6 Å². The third-order valence-electron chi connectivity index (χ3n) is 4.96. The third kappa shape index (κ3) is 6.42. The van der Waals surface area contributed by atoms with Crippen LogP contribution >= 0.6 is 0 Å². The molecule has 28 heavy (non-hydrogen) atoms. The van der Waals surface area contributed by atoms with Gasteiger partial charge >= 0.3 is 0 Å². The zero-order valence-corrected chi connectivity index (χ0v) is 17.7. The average molecular weight is 415 g/mol. The molecule has 1 amide bonds. The molecule has 1 atom stereocenters. The van der Waals surface area contributed by atoms with Gasteiger partial charge in [-0.1, -0.05) is 6.92 Å². The van der Waals surface area contributed by atoms with Crippen LogP contribution in [-0.2, 0) is 14.8 Å². The smallest absolute Gasteiger partial charge is 0.243 e. The maximum absolute atomic E-state index is 13.2. The van der Waals surface area contributed by atoms with Crippen molar-refractivity contribution in [3.8, 4) is 0 Å². The second kappa shape index (κ2) is 10.2. The van der Waals surface area contributed by atoms with E-state index in [0.29, 0.717) is 13.0 Å². The largest absolute Gasteiger partial charge is 0.354 e. The fourth-order valence-electron chi connectivity index (χ4n) is 3.35. The lowest BCUT2D eigenvalue weighted by atomic mass is 10.2. The summed E-state index contributed by atoms with van der Waals surface area (Å²) >= 11 is 0. The first kappa shape index (κ1) is 22.6. The van der Waals surface area contributed by atoms with Crippen LogP contribution in [0.25, 0.3) is 0 Å². The first-order chi connectivity index (χ1) is 13.2. The van der Waals surface area contributed by atoms with Gasteiger partial charge in [0.25, 0.3) is 0 Å². The first-order valence-corrected chi connectivity index (χ1v) is 11.5. The molecule has 1 saturated heterocycles. The van der Waals surface area contributed by atoms with E-state index in [1.165, 1.54) is 24.3 Å². The van der Waals surface area contributed by atoms with Crippen molar-refractivity contribution in [2.45, 2.75) is 25.8 Å². The molecule has 9 heteroatoms. The Morgan fingerprint density at radius 2 is 1.82 bits per heavy atom. The fraction of sp³-hybridized carbons (Fsp3) is 0.632. The van der Waals surface area contributed by atoms with Crippen molar-refractivity contribution < 1.29 is 17.6 Å². The van der Waals surface area contributed by atoms with Crippen LogP contribution in [0.15, 0.2) is 24.3 Å². The molecule has 0 aliphatic carbocycles. The number of amides is 1. The van der Waals surface area contributed by atoms with Crippen LogP contribution in [0.5, 0.6) is 0 Å². The number of hydrogen-bond acceptors (Lipinski definition) is 5. The Morgan fingerprint density at radius 3 is 2.36 bits per heavy atom. The minimum atomic E-state index is -3.70. The molecular formula is C19H31FN4O3S. The summed E-state index contributed by atoms with van der Waals surface area (Å²) in [6.07, 6.45) is 2.18. The predicted molar refractivity (Wildman–Crippen MR) is 109 cm³/mol. The van der Waals surface area contributed by atoms with Crippen molar-refractivity contribution in [3.63, 3.8) is 0 Å². The molecule has 1 aliphatic heterocycles. The van der Waals surface area contributed by atoms with Gasteiger partial charge in [0, 0.05) is 32.7 Å². The molecule has 7 nitrogen and oxygen atoms in total. The molecule has 1 heterocycles. The van der Waals surface area contributed by atoms with E-state index in [2.05, 4.69) is 22.2 Å². The summed E-state index contributed by atoms with van der Waals surface area (Å²) < 4.78 is 38.9. The third-order valence-corrected chi connectivity index (χ3v) is 6.14. The minimum Gasteiger partial charge on any atom is -0.354 e. The second-order valence-corrected chi connectivity index (χ2v) is 9.11. The first-order valence-electron chi connectivity index (χ1n) is 9.66. The van der Waals surface area contributed by atoms with E-state index in [1.807, 2.05) is 0 Å². The quantitative estimate of drug-likeness (QED) is 0.613. The number of benzene rings is 1. The van der Waals surface area contributed by atoms with Gasteiger partial charge in [0.15, 0.2) is 0 Å². The summed E-state index contributed by atoms with van der Waals surface area (Å²) in [5.41, 5.74) is 0.281. The van der Waals surface area contributed by atoms with Gasteiger partial charge in [-0.2, -0.15) is 0 Å². The van der Waals surface area contributed by atoms with E-state index in [1.54, 1.807) is 6.92 Å². The summed E-state index contributed by atoms with van der Waals surface area (Å²) in [5, 5.41) is 2.86. The van der Waals surface area contributed by atoms with Crippen LogP contribution in [0.3, 0.4) is 0 Å². The van der Waals surface area contributed by atoms with Gasteiger partial charge in [-0.25, -0.2) is 12.8 Å². The molecule has 158 valence electrons. The summed E-state index contributed by atoms with van der Waals surface area (Å²) in [5.74, 6) is -0.797. The van der Waals surface area contributed by atoms with Crippen LogP contribution in [0.4, 0.5) is 10.1 Å². The summed E-state index contributed by atoms with van der Waals surface area (Å²) in [4.78, 5) is 17.3. The number of anilines is 1. The van der Waals surface area contributed by atoms with E-state index >= 15 is 0 Å². The lowest BCUT2D eigenvalue weighted by Gasteiger charge is -2.32. The number of likely N-dealkylation sites (N-methyl/N-ethyl adjacent to an activating group) is 1. The van der Waals surface area contributed by atoms with Crippen molar-refractivity contribution >= 4 is 21.6 Å². The molecule has 1 aromatic carbocycles. The Morgan fingerprint density at radius 1 is 1.21 bits per heavy atom. The van der Waals surface area contributed by atoms with Gasteiger partial charge in [0.2, 0.25) is 15.9 Å². The molecule has 2 rings (SSSR count). The van der Waals surface area contributed by atoms with Crippen molar-refractivity contribution in [2.75, 3.05) is 56.9 Å². The lowest BCUT2D eigenvalue weighted by Crippen LogP contribution is -2.50. The summed E-state index contributed by atoms with van der Waals surface area (Å²) in [6.45, 7) is 7.29. The maximum Gasteiger partial charge on any atom is 0.243 e. The summed E-state index contributed by atoms with van der Waals surface area (Å²) in [7, 11) is -1.59. The van der Waals surface area contributed by atoms with Crippen LogP contribution in [0.1, 0.15) is 19.8 Å². The van der Waals surface area contributed by atoms with E-state index in [-0.39, 0.29) is 11.6 Å². The molecule has 0 aromatic heterocycles. The average Bonchev–Trinajstić information content (AvgIpc) is 2.64. The highest BCUT2D eigenvalue weighted by molar-refractivity contribution is 7.92. The topological polar surface area (TPSA) is 73.0 Å². The van der Waals surface area contributed by atoms with Crippen LogP contribution in [-0.4, -0.2) is 82.7 Å². The van der Waals surface area contributed by atoms with Gasteiger partial charge in [0.1, 0.15) is 11.9 Å². The Hall–Kier alpha value is -1.71. The van der Waals surface area contributed by atoms with E-state index < -0.39 is 21.9 Å². The highest BCUT2D eigenvalue weighted by atomic mass is 32.2. The molecule has 0 spiro atoms. The van der Waals surface area contributed by atoms with Gasteiger partial charge in [-0.05, 0) is 50.7 Å². The van der Waals surface area contributed by atoms with Crippen LogP contribution < -0.4 is 9.62 Å². The molecule has 0 saturated carbocycles. The maximum atomic E-state index is 13.2. The Labute approximate surface area is 167 Å². The standard InChI is InChI=1S/C19H31FN4O3S/c1-4-18(24(28(3,26)27)17-8-6-16(20)7-9-17)19(25)21-10-5-11-23-14-12-22(2)13-15-23/h6-9,18H,4-5,10-15H2,1-3H3,(H,21,25)/t18-/m1/s1. The Balaban J connectivity index is 1.95. The number of nitrogens with zero attached hydrogens (tertiary/aromatic N) is 3. The number of sulfonamides is 1. The molecule has 0 unspecified atom stereocenters. The Kier molecular flexibility index (Phi) is 8.21. The van der Waals surface area contributed by atoms with Gasteiger partial charge in [-0.15, -0.1) is 0 Å². The highest BCUT2D eigenvalue weighted by Gasteiger charge is 2.31. The Bertz CT molecular complexity index is 734. The van der Waals surface area contributed by atoms with Gasteiger partial charge < -0.3 is 15.1 Å². The lowest BCUT2D eigenvalue weighted by molar-refractivity contribution is -0.122. The molecule has 1 aliphatic rings. The molecule has 1 fully saturated rings. The number of hydrogen-bond donors (Lipinski definition) is 1. The van der Waals surface area contributed by atoms with Crippen molar-refractivity contribution in [1.82, 2.24) is 15.1 Å². The zero-order valence-electron chi connectivity index (χ0n) is 16.9. The second-order valence-electron chi connectivity index (χ2n) is 7.25. The number of rotatable bonds is 9. The molecule has 0 radical (unpaired) electrons. The normalized spacial score (nSPS) is 17.3. The van der Waals surface area contributed by atoms with Crippen molar-refractivity contribution in [1.29, 1.82) is 0 Å². The van der Waals surface area contributed by atoms with Crippen LogP contribution in [0, 0.1) is 5.82 Å². The van der Waals surface area contributed by atoms with Crippen molar-refractivity contribution in [2.24, 2.45) is 0 Å². The SMILES string of the molecule is CC[C@H](C(=O)NCCCN1CCN(C)CC1)N(c1ccc(F)cc1)S(C)(=O)=O. The van der Waals surface area contributed by atoms with E-state index in [0.717, 1.165) is 49.7 Å². The zero-order chi connectivity index (χ0) is 20.7. The van der Waals surface area contributed by atoms with Crippen LogP contribution in [0.2, 0.25) is 0 Å². The number of halogens is 1. The summed E-state index contributed by atoms with van der Waals surface area (Å²) in [6, 6.07) is 4.26. The van der Waals surface area contributed by atoms with E-state index in [4.69, 9.17) is 0 Å². The fourth-order valence-corrected chi connectivity index (χ4v) is 4.56. The molecule has 1 N–H and O–H groups in total. The molecule has 1 aromatic rings. The number of carbonyl (C=O) groups is 1. The molecule has 0 bridgehead atoms. The molecular weight excluding hydrogens is 383 g/mol. The predicted octanol–water partition coefficient (Wildman–Crippen LogP) is 1.12. The van der Waals surface area contributed by atoms with Gasteiger partial charge in [-0.3, -0.25) is 9.10 Å². The number of carbonyl (C=O) groups excluding carboxylic acids is 1. The van der Waals surface area contributed by atoms with Gasteiger partial charge in [0.05, 0.1) is 11.9 Å². The number of piperazine rings is 1.